The van der Waals surface area contributed by atoms with Crippen LogP contribution in [0.2, 0.25) is 0 Å². The van der Waals surface area contributed by atoms with Crippen LogP contribution < -0.4 is 5.32 Å². The number of carbonyl (C=O) groups excluding carboxylic acids is 1. The summed E-state index contributed by atoms with van der Waals surface area (Å²) in [6, 6.07) is -0.145. The molecule has 4 nitrogen and oxygen atoms in total. The van der Waals surface area contributed by atoms with Crippen LogP contribution in [0, 0.1) is 5.92 Å². The maximum Gasteiger partial charge on any atom is 0.323 e. The van der Waals surface area contributed by atoms with E-state index >= 15 is 0 Å². The first-order valence-corrected chi connectivity index (χ1v) is 8.33. The van der Waals surface area contributed by atoms with Crippen LogP contribution in [-0.2, 0) is 9.53 Å². The number of ether oxygens (including phenoxy) is 1. The predicted octanol–water partition coefficient (Wildman–Crippen LogP) is 2.43. The maximum atomic E-state index is 12.0. The van der Waals surface area contributed by atoms with Crippen LogP contribution in [0.1, 0.15) is 52.9 Å². The summed E-state index contributed by atoms with van der Waals surface area (Å²) in [5, 5.41) is 3.32. The molecule has 20 heavy (non-hydrogen) atoms. The predicted molar refractivity (Wildman–Crippen MR) is 82.8 cm³/mol. The molecule has 1 rings (SSSR count). The summed E-state index contributed by atoms with van der Waals surface area (Å²) in [5.74, 6) is 0.815. The average molecular weight is 284 g/mol. The fourth-order valence-electron chi connectivity index (χ4n) is 2.45. The van der Waals surface area contributed by atoms with E-state index in [1.54, 1.807) is 0 Å². The first-order chi connectivity index (χ1) is 9.71. The second-order valence-corrected chi connectivity index (χ2v) is 5.79. The molecule has 4 heteroatoms. The number of nitrogens with one attached hydrogen (secondary N) is 1. The summed E-state index contributed by atoms with van der Waals surface area (Å²) in [6.45, 7) is 10.9. The van der Waals surface area contributed by atoms with Gasteiger partial charge in [-0.25, -0.2) is 0 Å². The Morgan fingerprint density at radius 1 is 1.25 bits per heavy atom. The van der Waals surface area contributed by atoms with E-state index in [0.717, 1.165) is 38.4 Å². The highest BCUT2D eigenvalue weighted by atomic mass is 16.5. The van der Waals surface area contributed by atoms with E-state index < -0.39 is 0 Å². The molecule has 0 amide bonds. The Kier molecular flexibility index (Phi) is 8.86. The van der Waals surface area contributed by atoms with Gasteiger partial charge in [-0.15, -0.1) is 0 Å². The molecular formula is C16H32N2O2. The second kappa shape index (κ2) is 10.2. The van der Waals surface area contributed by atoms with Gasteiger partial charge in [0.25, 0.3) is 0 Å². The smallest absolute Gasteiger partial charge is 0.323 e. The van der Waals surface area contributed by atoms with Gasteiger partial charge in [-0.3, -0.25) is 4.79 Å². The molecular weight excluding hydrogens is 252 g/mol. The van der Waals surface area contributed by atoms with Gasteiger partial charge >= 0.3 is 5.97 Å². The maximum absolute atomic E-state index is 12.0. The summed E-state index contributed by atoms with van der Waals surface area (Å²) in [4.78, 5) is 14.5. The third-order valence-electron chi connectivity index (χ3n) is 3.70. The SMILES string of the molecule is CCCNC(CCN(CCC)CC1CC1)C(=O)OCC. The number of rotatable bonds is 12. The van der Waals surface area contributed by atoms with E-state index in [2.05, 4.69) is 24.1 Å². The molecule has 0 aliphatic heterocycles. The van der Waals surface area contributed by atoms with Gasteiger partial charge in [0.15, 0.2) is 0 Å². The lowest BCUT2D eigenvalue weighted by molar-refractivity contribution is -0.145. The average Bonchev–Trinajstić information content (AvgIpc) is 3.23. The number of carbonyl (C=O) groups is 1. The van der Waals surface area contributed by atoms with E-state index in [1.807, 2.05) is 6.92 Å². The van der Waals surface area contributed by atoms with E-state index in [9.17, 15) is 4.79 Å². The van der Waals surface area contributed by atoms with Crippen LogP contribution >= 0.6 is 0 Å². The highest BCUT2D eigenvalue weighted by molar-refractivity contribution is 5.75. The topological polar surface area (TPSA) is 41.6 Å². The minimum atomic E-state index is -0.145. The van der Waals surface area contributed by atoms with Crippen molar-refractivity contribution in [2.75, 3.05) is 32.8 Å². The highest BCUT2D eigenvalue weighted by Gasteiger charge is 2.25. The van der Waals surface area contributed by atoms with Crippen LogP contribution in [0.25, 0.3) is 0 Å². The lowest BCUT2D eigenvalue weighted by atomic mass is 10.1. The van der Waals surface area contributed by atoms with Crippen molar-refractivity contribution < 1.29 is 9.53 Å². The Labute approximate surface area is 124 Å². The van der Waals surface area contributed by atoms with Crippen molar-refractivity contribution in [1.82, 2.24) is 10.2 Å². The monoisotopic (exact) mass is 284 g/mol. The molecule has 1 N–H and O–H groups in total. The van der Waals surface area contributed by atoms with Crippen LogP contribution in [0.4, 0.5) is 0 Å². The standard InChI is InChI=1S/C16H32N2O2/c1-4-10-17-15(16(19)20-6-3)9-12-18(11-5-2)13-14-7-8-14/h14-15,17H,4-13H2,1-3H3. The number of hydrogen-bond donors (Lipinski definition) is 1. The van der Waals surface area contributed by atoms with Gasteiger partial charge < -0.3 is 15.0 Å². The fraction of sp³-hybridized carbons (Fsp3) is 0.938. The molecule has 1 aliphatic rings. The Bertz CT molecular complexity index is 267. The molecule has 1 aliphatic carbocycles. The van der Waals surface area contributed by atoms with Crippen molar-refractivity contribution in [1.29, 1.82) is 0 Å². The molecule has 1 saturated carbocycles. The summed E-state index contributed by atoms with van der Waals surface area (Å²) in [5.41, 5.74) is 0. The zero-order valence-corrected chi connectivity index (χ0v) is 13.5. The van der Waals surface area contributed by atoms with Gasteiger partial charge in [-0.1, -0.05) is 13.8 Å². The van der Waals surface area contributed by atoms with Crippen molar-refractivity contribution in [2.45, 2.75) is 58.9 Å². The zero-order valence-electron chi connectivity index (χ0n) is 13.5. The highest BCUT2D eigenvalue weighted by Crippen LogP contribution is 2.29. The third kappa shape index (κ3) is 7.25. The summed E-state index contributed by atoms with van der Waals surface area (Å²) in [7, 11) is 0. The van der Waals surface area contributed by atoms with Gasteiger partial charge in [-0.05, 0) is 58.0 Å². The number of hydrogen-bond acceptors (Lipinski definition) is 4. The molecule has 0 heterocycles. The summed E-state index contributed by atoms with van der Waals surface area (Å²) >= 11 is 0. The second-order valence-electron chi connectivity index (χ2n) is 5.79. The van der Waals surface area contributed by atoms with Crippen molar-refractivity contribution in [3.05, 3.63) is 0 Å². The summed E-state index contributed by atoms with van der Waals surface area (Å²) in [6.07, 6.45) is 5.84. The van der Waals surface area contributed by atoms with Crippen molar-refractivity contribution in [3.8, 4) is 0 Å². The largest absolute Gasteiger partial charge is 0.465 e. The molecule has 0 bridgehead atoms. The molecule has 1 unspecified atom stereocenters. The molecule has 1 atom stereocenters. The minimum absolute atomic E-state index is 0.0937. The van der Waals surface area contributed by atoms with E-state index in [1.165, 1.54) is 25.8 Å². The number of nitrogens with zero attached hydrogens (tertiary/aromatic N) is 1. The van der Waals surface area contributed by atoms with Gasteiger partial charge in [0, 0.05) is 13.1 Å². The lowest BCUT2D eigenvalue weighted by Gasteiger charge is -2.24. The molecule has 0 aromatic rings. The molecule has 1 fully saturated rings. The first kappa shape index (κ1) is 17.4. The molecule has 0 spiro atoms. The van der Waals surface area contributed by atoms with E-state index in [4.69, 9.17) is 4.74 Å². The molecule has 0 aromatic heterocycles. The normalized spacial score (nSPS) is 16.4. The van der Waals surface area contributed by atoms with Gasteiger partial charge in [0.1, 0.15) is 6.04 Å². The van der Waals surface area contributed by atoms with Crippen LogP contribution in [0.15, 0.2) is 0 Å². The quantitative estimate of drug-likeness (QED) is 0.559. The van der Waals surface area contributed by atoms with Crippen molar-refractivity contribution in [2.24, 2.45) is 5.92 Å². The third-order valence-corrected chi connectivity index (χ3v) is 3.70. The number of esters is 1. The summed E-state index contributed by atoms with van der Waals surface area (Å²) < 4.78 is 5.17. The lowest BCUT2D eigenvalue weighted by Crippen LogP contribution is -2.41. The zero-order chi connectivity index (χ0) is 14.8. The van der Waals surface area contributed by atoms with Crippen LogP contribution in [0.3, 0.4) is 0 Å². The van der Waals surface area contributed by atoms with Crippen LogP contribution in [-0.4, -0.2) is 49.7 Å². The Hall–Kier alpha value is -0.610. The molecule has 118 valence electrons. The molecule has 0 saturated heterocycles. The first-order valence-electron chi connectivity index (χ1n) is 8.33. The van der Waals surface area contributed by atoms with Gasteiger partial charge in [0.2, 0.25) is 0 Å². The van der Waals surface area contributed by atoms with E-state index in [0.29, 0.717) is 6.61 Å². The van der Waals surface area contributed by atoms with Gasteiger partial charge in [0.05, 0.1) is 6.61 Å². The molecule has 0 radical (unpaired) electrons. The van der Waals surface area contributed by atoms with Crippen LogP contribution in [0.5, 0.6) is 0 Å². The Morgan fingerprint density at radius 2 is 2.00 bits per heavy atom. The Morgan fingerprint density at radius 3 is 2.55 bits per heavy atom. The minimum Gasteiger partial charge on any atom is -0.465 e. The molecule has 0 aromatic carbocycles. The Balaban J connectivity index is 2.37. The van der Waals surface area contributed by atoms with Gasteiger partial charge in [-0.2, -0.15) is 0 Å². The van der Waals surface area contributed by atoms with Crippen molar-refractivity contribution >= 4 is 5.97 Å². The fourth-order valence-corrected chi connectivity index (χ4v) is 2.45. The van der Waals surface area contributed by atoms with E-state index in [-0.39, 0.29) is 12.0 Å². The van der Waals surface area contributed by atoms with Crippen molar-refractivity contribution in [3.63, 3.8) is 0 Å².